The van der Waals surface area contributed by atoms with Crippen LogP contribution in [0.25, 0.3) is 16.2 Å². The van der Waals surface area contributed by atoms with Crippen molar-refractivity contribution < 1.29 is 0 Å². The van der Waals surface area contributed by atoms with E-state index in [4.69, 9.17) is 0 Å². The molecule has 0 radical (unpaired) electrons. The van der Waals surface area contributed by atoms with Crippen LogP contribution >= 0.6 is 11.3 Å². The maximum atomic E-state index is 2.66. The topological polar surface area (TPSA) is 3.24 Å². The highest BCUT2D eigenvalue weighted by molar-refractivity contribution is 7.19. The average molecular weight is 370 g/mol. The molecule has 27 heavy (non-hydrogen) atoms. The fourth-order valence-corrected chi connectivity index (χ4v) is 6.85. The Morgan fingerprint density at radius 2 is 1.93 bits per heavy atom. The summed E-state index contributed by atoms with van der Waals surface area (Å²) >= 11 is 2.00. The Bertz CT molecular complexity index is 1110. The summed E-state index contributed by atoms with van der Waals surface area (Å²) in [6.45, 7) is 2.44. The molecule has 2 heterocycles. The van der Waals surface area contributed by atoms with Crippen LogP contribution in [-0.4, -0.2) is 10.4 Å². The van der Waals surface area contributed by atoms with Gasteiger partial charge in [0, 0.05) is 26.9 Å². The first-order valence-electron chi connectivity index (χ1n) is 10.0. The lowest BCUT2D eigenvalue weighted by molar-refractivity contribution is 0.257. The van der Waals surface area contributed by atoms with Crippen molar-refractivity contribution in [1.82, 2.24) is 4.90 Å². The van der Waals surface area contributed by atoms with Gasteiger partial charge in [0.1, 0.15) is 0 Å². The van der Waals surface area contributed by atoms with Crippen molar-refractivity contribution in [2.75, 3.05) is 0 Å². The van der Waals surface area contributed by atoms with Gasteiger partial charge in [0.05, 0.1) is 5.54 Å². The smallest absolute Gasteiger partial charge is 0.0723 e. The Balaban J connectivity index is 1.61. The summed E-state index contributed by atoms with van der Waals surface area (Å²) in [5.41, 5.74) is 5.90. The number of hydrogen-bond donors (Lipinski definition) is 0. The Morgan fingerprint density at radius 3 is 2.81 bits per heavy atom. The van der Waals surface area contributed by atoms with Crippen molar-refractivity contribution in [2.45, 2.75) is 44.1 Å². The largest absolute Gasteiger partial charge is 0.335 e. The van der Waals surface area contributed by atoms with Crippen LogP contribution in [0.4, 0.5) is 0 Å². The monoisotopic (exact) mass is 369 g/mol. The molecule has 4 aliphatic rings. The highest BCUT2D eigenvalue weighted by atomic mass is 32.1. The van der Waals surface area contributed by atoms with E-state index < -0.39 is 0 Å². The molecular formula is C25H23NS. The fraction of sp³-hybridized carbons (Fsp3) is 0.280. The number of benzene rings is 1. The minimum Gasteiger partial charge on any atom is -0.335 e. The number of thiophene rings is 1. The number of nitrogens with zero attached hydrogens (tertiary/aromatic N) is 1. The second kappa shape index (κ2) is 5.59. The van der Waals surface area contributed by atoms with Crippen LogP contribution in [-0.2, 0) is 0 Å². The molecule has 2 heteroatoms. The number of allylic oxidation sites excluding steroid dienone is 6. The summed E-state index contributed by atoms with van der Waals surface area (Å²) in [5.74, 6) is 0.428. The van der Waals surface area contributed by atoms with Crippen LogP contribution in [0.3, 0.4) is 0 Å². The summed E-state index contributed by atoms with van der Waals surface area (Å²) in [6.07, 6.45) is 21.4. The summed E-state index contributed by atoms with van der Waals surface area (Å²) in [6, 6.07) is 8.88. The van der Waals surface area contributed by atoms with Crippen molar-refractivity contribution >= 4 is 27.5 Å². The van der Waals surface area contributed by atoms with Gasteiger partial charge in [-0.1, -0.05) is 54.7 Å². The third-order valence-corrected chi connectivity index (χ3v) is 7.82. The van der Waals surface area contributed by atoms with Crippen LogP contribution in [0.5, 0.6) is 0 Å². The number of fused-ring (bicyclic) bond motifs is 6. The molecule has 0 bridgehead atoms. The molecule has 2 unspecified atom stereocenters. The highest BCUT2D eigenvalue weighted by Gasteiger charge is 2.52. The van der Waals surface area contributed by atoms with Gasteiger partial charge in [-0.3, -0.25) is 0 Å². The summed E-state index contributed by atoms with van der Waals surface area (Å²) in [5, 5.41) is 1.41. The normalized spacial score (nSPS) is 28.4. The van der Waals surface area contributed by atoms with E-state index in [0.717, 1.165) is 19.3 Å². The number of rotatable bonds is 1. The summed E-state index contributed by atoms with van der Waals surface area (Å²) in [4.78, 5) is 4.21. The van der Waals surface area contributed by atoms with E-state index in [0.29, 0.717) is 5.92 Å². The van der Waals surface area contributed by atoms with E-state index in [-0.39, 0.29) is 5.54 Å². The van der Waals surface area contributed by atoms with Crippen molar-refractivity contribution in [3.63, 3.8) is 0 Å². The van der Waals surface area contributed by atoms with Crippen molar-refractivity contribution in [2.24, 2.45) is 0 Å². The molecule has 0 saturated carbocycles. The van der Waals surface area contributed by atoms with Gasteiger partial charge in [-0.05, 0) is 61.3 Å². The van der Waals surface area contributed by atoms with Crippen molar-refractivity contribution in [3.05, 3.63) is 88.1 Å². The molecule has 1 aliphatic heterocycles. The third-order valence-electron chi connectivity index (χ3n) is 6.57. The van der Waals surface area contributed by atoms with Crippen molar-refractivity contribution in [1.29, 1.82) is 0 Å². The summed E-state index contributed by atoms with van der Waals surface area (Å²) < 4.78 is 1.41. The predicted molar refractivity (Wildman–Crippen MR) is 116 cm³/mol. The van der Waals surface area contributed by atoms with Gasteiger partial charge in [0.15, 0.2) is 0 Å². The number of hydrogen-bond acceptors (Lipinski definition) is 2. The second-order valence-electron chi connectivity index (χ2n) is 8.16. The maximum Gasteiger partial charge on any atom is 0.0723 e. The van der Waals surface area contributed by atoms with Crippen molar-refractivity contribution in [3.8, 4) is 0 Å². The standard InChI is InChI=1S/C25H23NS/c1-25-16-15-19-18-11-6-8-14-22(18)27-24(19)23(25)20-12-5-7-13-21(20)26(25)17-9-3-2-4-10-17/h3,5-6,8-12,14-16,23H,2,4,7,13H2,1H3. The molecule has 6 rings (SSSR count). The van der Waals surface area contributed by atoms with Crippen LogP contribution in [0.2, 0.25) is 0 Å². The van der Waals surface area contributed by atoms with Gasteiger partial charge in [-0.15, -0.1) is 11.3 Å². The highest BCUT2D eigenvalue weighted by Crippen LogP contribution is 2.58. The Morgan fingerprint density at radius 1 is 1.04 bits per heavy atom. The lowest BCUT2D eigenvalue weighted by atomic mass is 9.75. The molecule has 0 spiro atoms. The third kappa shape index (κ3) is 2.05. The minimum atomic E-state index is -0.0132. The molecule has 1 aromatic carbocycles. The van der Waals surface area contributed by atoms with E-state index in [2.05, 4.69) is 78.6 Å². The first kappa shape index (κ1) is 15.7. The Labute approximate surface area is 164 Å². The molecule has 0 saturated heterocycles. The van der Waals surface area contributed by atoms with E-state index in [9.17, 15) is 0 Å². The van der Waals surface area contributed by atoms with Crippen LogP contribution in [0.15, 0.2) is 77.7 Å². The van der Waals surface area contributed by atoms with E-state index in [1.807, 2.05) is 11.3 Å². The summed E-state index contributed by atoms with van der Waals surface area (Å²) in [7, 11) is 0. The molecule has 2 aromatic rings. The molecule has 0 fully saturated rings. The molecule has 0 amide bonds. The van der Waals surface area contributed by atoms with E-state index in [1.165, 1.54) is 33.5 Å². The van der Waals surface area contributed by atoms with Crippen LogP contribution in [0.1, 0.15) is 49.0 Å². The molecule has 2 atom stereocenters. The van der Waals surface area contributed by atoms with Gasteiger partial charge in [-0.2, -0.15) is 0 Å². The Kier molecular flexibility index (Phi) is 3.25. The average Bonchev–Trinajstić information content (AvgIpc) is 3.20. The lowest BCUT2D eigenvalue weighted by Gasteiger charge is -2.43. The van der Waals surface area contributed by atoms with Gasteiger partial charge in [-0.25, -0.2) is 0 Å². The van der Waals surface area contributed by atoms with E-state index in [1.54, 1.807) is 10.5 Å². The quantitative estimate of drug-likeness (QED) is 0.527. The first-order chi connectivity index (χ1) is 13.3. The van der Waals surface area contributed by atoms with Gasteiger partial charge >= 0.3 is 0 Å². The van der Waals surface area contributed by atoms with Gasteiger partial charge in [0.2, 0.25) is 0 Å². The van der Waals surface area contributed by atoms with Gasteiger partial charge < -0.3 is 4.90 Å². The van der Waals surface area contributed by atoms with Crippen LogP contribution < -0.4 is 0 Å². The zero-order valence-electron chi connectivity index (χ0n) is 15.6. The van der Waals surface area contributed by atoms with Gasteiger partial charge in [0.25, 0.3) is 0 Å². The fourth-order valence-electron chi connectivity index (χ4n) is 5.41. The molecule has 0 N–H and O–H groups in total. The van der Waals surface area contributed by atoms with Crippen LogP contribution in [0, 0.1) is 0 Å². The Hall–Kier alpha value is -2.32. The molecule has 1 aromatic heterocycles. The second-order valence-corrected chi connectivity index (χ2v) is 9.24. The first-order valence-corrected chi connectivity index (χ1v) is 10.9. The molecular weight excluding hydrogens is 346 g/mol. The zero-order valence-corrected chi connectivity index (χ0v) is 16.4. The molecule has 3 aliphatic carbocycles. The lowest BCUT2D eigenvalue weighted by Crippen LogP contribution is -2.44. The maximum absolute atomic E-state index is 2.66. The molecule has 1 nitrogen and oxygen atoms in total. The van der Waals surface area contributed by atoms with E-state index >= 15 is 0 Å². The zero-order chi connectivity index (χ0) is 18.0. The SMILES string of the molecule is CC12C=Cc3c(sc4ccccc34)C1C1=C(CCC=C1)N2C1=CCCC=C1. The molecule has 134 valence electrons. The predicted octanol–water partition coefficient (Wildman–Crippen LogP) is 6.92. The minimum absolute atomic E-state index is 0.0132.